The lowest BCUT2D eigenvalue weighted by molar-refractivity contribution is 0.237. The van der Waals surface area contributed by atoms with Crippen molar-refractivity contribution < 1.29 is 0 Å². The summed E-state index contributed by atoms with van der Waals surface area (Å²) < 4.78 is 0. The molecule has 0 spiro atoms. The van der Waals surface area contributed by atoms with Gasteiger partial charge in [0.25, 0.3) is 0 Å². The minimum atomic E-state index is 0.589. The van der Waals surface area contributed by atoms with Crippen molar-refractivity contribution in [1.82, 2.24) is 14.9 Å². The Morgan fingerprint density at radius 2 is 1.90 bits per heavy atom. The number of hydrogen-bond donors (Lipinski definition) is 2. The van der Waals surface area contributed by atoms with E-state index < -0.39 is 0 Å². The lowest BCUT2D eigenvalue weighted by Crippen LogP contribution is -2.33. The second kappa shape index (κ2) is 6.39. The van der Waals surface area contributed by atoms with E-state index in [2.05, 4.69) is 25.5 Å². The van der Waals surface area contributed by atoms with Crippen LogP contribution in [0.5, 0.6) is 0 Å². The molecule has 1 saturated carbocycles. The normalized spacial score (nSPS) is 19.9. The van der Waals surface area contributed by atoms with Gasteiger partial charge in [-0.05, 0) is 38.8 Å². The van der Waals surface area contributed by atoms with Crippen molar-refractivity contribution in [2.24, 2.45) is 0 Å². The fourth-order valence-corrected chi connectivity index (χ4v) is 2.73. The quantitative estimate of drug-likeness (QED) is 0.834. The highest BCUT2D eigenvalue weighted by molar-refractivity contribution is 5.47. The molecule has 0 radical (unpaired) electrons. The average Bonchev–Trinajstić information content (AvgIpc) is 3.33. The molecule has 1 aliphatic carbocycles. The molecule has 0 unspecified atom stereocenters. The van der Waals surface area contributed by atoms with Crippen LogP contribution in [-0.2, 0) is 0 Å². The SMILES string of the molecule is CNc1cc(NCCN2CCCCC2)nc(C2CC2)n1. The third-order valence-corrected chi connectivity index (χ3v) is 4.12. The summed E-state index contributed by atoms with van der Waals surface area (Å²) in [5, 5.41) is 6.59. The Morgan fingerprint density at radius 1 is 1.15 bits per heavy atom. The summed E-state index contributed by atoms with van der Waals surface area (Å²) in [6, 6.07) is 2.00. The number of likely N-dealkylation sites (tertiary alicyclic amines) is 1. The highest BCUT2D eigenvalue weighted by Crippen LogP contribution is 2.38. The zero-order valence-electron chi connectivity index (χ0n) is 12.4. The van der Waals surface area contributed by atoms with Crippen LogP contribution in [0.2, 0.25) is 0 Å². The van der Waals surface area contributed by atoms with Gasteiger partial charge in [0.2, 0.25) is 0 Å². The molecule has 20 heavy (non-hydrogen) atoms. The molecule has 0 bridgehead atoms. The number of piperidine rings is 1. The third kappa shape index (κ3) is 3.60. The van der Waals surface area contributed by atoms with Crippen LogP contribution in [0, 0.1) is 0 Å². The van der Waals surface area contributed by atoms with Gasteiger partial charge in [0.05, 0.1) is 0 Å². The fraction of sp³-hybridized carbons (Fsp3) is 0.733. The van der Waals surface area contributed by atoms with Crippen molar-refractivity contribution in [1.29, 1.82) is 0 Å². The number of rotatable bonds is 6. The van der Waals surface area contributed by atoms with Crippen LogP contribution in [0.4, 0.5) is 11.6 Å². The van der Waals surface area contributed by atoms with E-state index >= 15 is 0 Å². The largest absolute Gasteiger partial charge is 0.373 e. The van der Waals surface area contributed by atoms with Gasteiger partial charge < -0.3 is 15.5 Å². The first-order chi connectivity index (χ1) is 9.85. The monoisotopic (exact) mass is 275 g/mol. The molecule has 2 heterocycles. The van der Waals surface area contributed by atoms with Crippen LogP contribution in [0.15, 0.2) is 6.07 Å². The molecule has 0 atom stereocenters. The molecule has 2 aliphatic rings. The van der Waals surface area contributed by atoms with Crippen molar-refractivity contribution in [3.63, 3.8) is 0 Å². The van der Waals surface area contributed by atoms with E-state index in [-0.39, 0.29) is 0 Å². The molecule has 5 heteroatoms. The highest BCUT2D eigenvalue weighted by atomic mass is 15.2. The minimum Gasteiger partial charge on any atom is -0.373 e. The van der Waals surface area contributed by atoms with Crippen LogP contribution in [-0.4, -0.2) is 48.1 Å². The van der Waals surface area contributed by atoms with E-state index in [1.807, 2.05) is 13.1 Å². The molecule has 5 nitrogen and oxygen atoms in total. The predicted molar refractivity (Wildman–Crippen MR) is 82.3 cm³/mol. The van der Waals surface area contributed by atoms with E-state index in [4.69, 9.17) is 0 Å². The fourth-order valence-electron chi connectivity index (χ4n) is 2.73. The number of anilines is 2. The number of hydrogen-bond acceptors (Lipinski definition) is 5. The van der Waals surface area contributed by atoms with E-state index in [1.165, 1.54) is 45.2 Å². The molecule has 110 valence electrons. The van der Waals surface area contributed by atoms with E-state index in [0.29, 0.717) is 5.92 Å². The molecular weight excluding hydrogens is 250 g/mol. The van der Waals surface area contributed by atoms with Gasteiger partial charge in [-0.3, -0.25) is 0 Å². The van der Waals surface area contributed by atoms with Gasteiger partial charge in [0.15, 0.2) is 0 Å². The maximum absolute atomic E-state index is 4.65. The van der Waals surface area contributed by atoms with Crippen molar-refractivity contribution in [3.05, 3.63) is 11.9 Å². The van der Waals surface area contributed by atoms with Crippen LogP contribution in [0.1, 0.15) is 43.8 Å². The molecule has 2 N–H and O–H groups in total. The summed E-state index contributed by atoms with van der Waals surface area (Å²) >= 11 is 0. The maximum atomic E-state index is 4.65. The lowest BCUT2D eigenvalue weighted by Gasteiger charge is -2.26. The van der Waals surface area contributed by atoms with Crippen molar-refractivity contribution in [3.8, 4) is 0 Å². The van der Waals surface area contributed by atoms with Crippen LogP contribution in [0.25, 0.3) is 0 Å². The van der Waals surface area contributed by atoms with Crippen LogP contribution in [0.3, 0.4) is 0 Å². The molecule has 3 rings (SSSR count). The minimum absolute atomic E-state index is 0.589. The molecule has 1 aliphatic heterocycles. The average molecular weight is 275 g/mol. The predicted octanol–water partition coefficient (Wildman–Crippen LogP) is 2.29. The van der Waals surface area contributed by atoms with Gasteiger partial charge in [-0.2, -0.15) is 0 Å². The smallest absolute Gasteiger partial charge is 0.136 e. The molecule has 0 amide bonds. The second-order valence-corrected chi connectivity index (χ2v) is 5.85. The van der Waals surface area contributed by atoms with Crippen molar-refractivity contribution in [2.75, 3.05) is 43.9 Å². The van der Waals surface area contributed by atoms with Crippen LogP contribution >= 0.6 is 0 Å². The molecule has 1 aromatic heterocycles. The molecule has 1 aromatic rings. The number of nitrogens with one attached hydrogen (secondary N) is 2. The lowest BCUT2D eigenvalue weighted by atomic mass is 10.1. The molecular formula is C15H25N5. The summed E-state index contributed by atoms with van der Waals surface area (Å²) in [6.45, 7) is 4.57. The summed E-state index contributed by atoms with van der Waals surface area (Å²) in [5.41, 5.74) is 0. The molecule has 1 saturated heterocycles. The van der Waals surface area contributed by atoms with E-state index in [9.17, 15) is 0 Å². The first-order valence-corrected chi connectivity index (χ1v) is 7.88. The maximum Gasteiger partial charge on any atom is 0.136 e. The summed E-state index contributed by atoms with van der Waals surface area (Å²) in [7, 11) is 1.91. The Morgan fingerprint density at radius 3 is 2.60 bits per heavy atom. The van der Waals surface area contributed by atoms with E-state index in [1.54, 1.807) is 0 Å². The number of aromatic nitrogens is 2. The topological polar surface area (TPSA) is 53.1 Å². The zero-order valence-corrected chi connectivity index (χ0v) is 12.4. The summed E-state index contributed by atoms with van der Waals surface area (Å²) in [6.07, 6.45) is 6.57. The standard InChI is InChI=1S/C15H25N5/c1-16-13-11-14(19-15(18-13)12-5-6-12)17-7-10-20-8-3-2-4-9-20/h11-12H,2-10H2,1H3,(H2,16,17,18,19). The second-order valence-electron chi connectivity index (χ2n) is 5.85. The van der Waals surface area contributed by atoms with Gasteiger partial charge in [-0.25, -0.2) is 9.97 Å². The Hall–Kier alpha value is -1.36. The Kier molecular flexibility index (Phi) is 4.35. The van der Waals surface area contributed by atoms with Crippen molar-refractivity contribution >= 4 is 11.6 Å². The Bertz CT molecular complexity index is 438. The van der Waals surface area contributed by atoms with E-state index in [0.717, 1.165) is 30.5 Å². The summed E-state index contributed by atoms with van der Waals surface area (Å²) in [4.78, 5) is 11.7. The van der Waals surface area contributed by atoms with Gasteiger partial charge in [0, 0.05) is 32.1 Å². The van der Waals surface area contributed by atoms with Gasteiger partial charge in [-0.15, -0.1) is 0 Å². The van der Waals surface area contributed by atoms with Gasteiger partial charge >= 0.3 is 0 Å². The Balaban J connectivity index is 1.54. The first kappa shape index (κ1) is 13.6. The van der Waals surface area contributed by atoms with Gasteiger partial charge in [-0.1, -0.05) is 6.42 Å². The number of nitrogens with zero attached hydrogens (tertiary/aromatic N) is 3. The highest BCUT2D eigenvalue weighted by Gasteiger charge is 2.27. The summed E-state index contributed by atoms with van der Waals surface area (Å²) in [5.74, 6) is 3.47. The zero-order chi connectivity index (χ0) is 13.8. The van der Waals surface area contributed by atoms with Gasteiger partial charge in [0.1, 0.15) is 17.5 Å². The first-order valence-electron chi connectivity index (χ1n) is 7.88. The Labute approximate surface area is 121 Å². The molecule has 0 aromatic carbocycles. The molecule has 2 fully saturated rings. The third-order valence-electron chi connectivity index (χ3n) is 4.12. The van der Waals surface area contributed by atoms with Crippen LogP contribution < -0.4 is 10.6 Å². The van der Waals surface area contributed by atoms with Crippen molar-refractivity contribution in [2.45, 2.75) is 38.0 Å².